The number of anilines is 4. The van der Waals surface area contributed by atoms with Crippen molar-refractivity contribution in [3.8, 4) is 0 Å². The van der Waals surface area contributed by atoms with E-state index in [1.807, 2.05) is 14.0 Å². The van der Waals surface area contributed by atoms with Gasteiger partial charge in [-0.2, -0.15) is 9.88 Å². The quantitative estimate of drug-likeness (QED) is 0.0318. The molecule has 0 spiro atoms. The van der Waals surface area contributed by atoms with E-state index in [1.165, 1.54) is 54.8 Å². The van der Waals surface area contributed by atoms with E-state index in [0.29, 0.717) is 29.1 Å². The number of ether oxygens (including phenoxy) is 2. The van der Waals surface area contributed by atoms with Crippen molar-refractivity contribution < 1.29 is 44.6 Å². The zero-order valence-corrected chi connectivity index (χ0v) is 32.2. The van der Waals surface area contributed by atoms with Gasteiger partial charge in [-0.1, -0.05) is 32.8 Å². The Balaban J connectivity index is 1.69. The summed E-state index contributed by atoms with van der Waals surface area (Å²) in [5, 5.41) is 57.8. The van der Waals surface area contributed by atoms with E-state index in [-0.39, 0.29) is 34.2 Å². The van der Waals surface area contributed by atoms with E-state index in [4.69, 9.17) is 14.5 Å². The van der Waals surface area contributed by atoms with E-state index in [1.54, 1.807) is 13.1 Å². The molecule has 1 saturated heterocycles. The molecule has 1 aliphatic carbocycles. The fourth-order valence-corrected chi connectivity index (χ4v) is 6.75. The van der Waals surface area contributed by atoms with Gasteiger partial charge in [-0.25, -0.2) is 14.8 Å². The largest absolute Gasteiger partial charge is 0.493 e. The first kappa shape index (κ1) is 41.6. The Morgan fingerprint density at radius 2 is 1.74 bits per heavy atom. The molecule has 16 nitrogen and oxygen atoms in total. The van der Waals surface area contributed by atoms with Gasteiger partial charge in [0.2, 0.25) is 5.95 Å². The maximum Gasteiger partial charge on any atom is 0.418 e. The lowest BCUT2D eigenvalue weighted by molar-refractivity contribution is -0.423. The molecule has 1 amide bonds. The molecule has 286 valence electrons. The van der Waals surface area contributed by atoms with Crippen LogP contribution in [0.3, 0.4) is 0 Å². The average Bonchev–Trinajstić information content (AvgIpc) is 3.59. The highest BCUT2D eigenvalue weighted by atomic mass is 16.6. The van der Waals surface area contributed by atoms with Crippen LogP contribution in [0.5, 0.6) is 0 Å². The Labute approximate surface area is 313 Å². The summed E-state index contributed by atoms with van der Waals surface area (Å²) in [5.41, 5.74) is -2.28. The predicted octanol–water partition coefficient (Wildman–Crippen LogP) is -0.170. The number of aldehydes is 1. The van der Waals surface area contributed by atoms with Gasteiger partial charge in [-0.05, 0) is 64.7 Å². The van der Waals surface area contributed by atoms with Gasteiger partial charge in [0, 0.05) is 24.8 Å². The van der Waals surface area contributed by atoms with E-state index in [9.17, 15) is 35.1 Å². The minimum atomic E-state index is -3.58. The standard InChI is InChI=1S/C34H52B3N7O9/c1-8-9-16-52-21(3)25(19-45)20(2)24-18-39-28(41-27(24)42(7)22-12-10-11-13-22)40-26-15-14-23(17-38-26)43-31(35,36)33(48,49)44(29(46)53-30(4,5)6)34(50,51)32(43,37)47/h14-15,17-19,22,47-51H,3,8-13,16,35-37H2,1-2,4-7H3,(H,38,39,40,41)/b25-20+. The summed E-state index contributed by atoms with van der Waals surface area (Å²) in [5.74, 6) is -5.54. The van der Waals surface area contributed by atoms with Crippen LogP contribution in [0.2, 0.25) is 0 Å². The number of amides is 1. The molecule has 2 aromatic heterocycles. The molecular weight excluding hydrogens is 683 g/mol. The van der Waals surface area contributed by atoms with E-state index < -0.39 is 34.5 Å². The number of unbranched alkanes of at least 4 members (excludes halogenated alkanes) is 1. The van der Waals surface area contributed by atoms with Gasteiger partial charge in [0.1, 0.15) is 38.7 Å². The number of allylic oxidation sites excluding steroid dienone is 2. The van der Waals surface area contributed by atoms with Crippen LogP contribution in [-0.4, -0.2) is 129 Å². The summed E-state index contributed by atoms with van der Waals surface area (Å²) in [6, 6.07) is 3.18. The van der Waals surface area contributed by atoms with Crippen LogP contribution in [0.25, 0.3) is 5.57 Å². The van der Waals surface area contributed by atoms with Crippen LogP contribution in [0, 0.1) is 0 Å². The van der Waals surface area contributed by atoms with Gasteiger partial charge in [0.25, 0.3) is 11.8 Å². The summed E-state index contributed by atoms with van der Waals surface area (Å²) in [7, 11) is 5.54. The van der Waals surface area contributed by atoms with Crippen molar-refractivity contribution in [3.05, 3.63) is 48.0 Å². The number of hydrogen-bond donors (Lipinski definition) is 6. The lowest BCUT2D eigenvalue weighted by Gasteiger charge is -2.66. The van der Waals surface area contributed by atoms with Crippen molar-refractivity contribution in [3.63, 3.8) is 0 Å². The van der Waals surface area contributed by atoms with Crippen LogP contribution in [0.15, 0.2) is 42.4 Å². The normalized spacial score (nSPS) is 21.4. The zero-order chi connectivity index (χ0) is 39.7. The third-order valence-electron chi connectivity index (χ3n) is 9.87. The molecule has 0 aromatic carbocycles. The minimum absolute atomic E-state index is 0.0378. The highest BCUT2D eigenvalue weighted by Gasteiger charge is 2.73. The molecule has 1 unspecified atom stereocenters. The molecule has 19 heteroatoms. The Kier molecular flexibility index (Phi) is 12.0. The maximum atomic E-state index is 13.1. The van der Waals surface area contributed by atoms with E-state index in [2.05, 4.69) is 26.8 Å². The van der Waals surface area contributed by atoms with Crippen LogP contribution < -0.4 is 15.1 Å². The van der Waals surface area contributed by atoms with Crippen molar-refractivity contribution in [2.75, 3.05) is 28.8 Å². The summed E-state index contributed by atoms with van der Waals surface area (Å²) in [4.78, 5) is 42.0. The zero-order valence-electron chi connectivity index (χ0n) is 32.2. The topological polar surface area (TPSA) is 214 Å². The van der Waals surface area contributed by atoms with E-state index in [0.717, 1.165) is 57.6 Å². The molecule has 0 radical (unpaired) electrons. The third kappa shape index (κ3) is 8.04. The molecule has 1 aliphatic heterocycles. The highest BCUT2D eigenvalue weighted by molar-refractivity contribution is 6.43. The number of aromatic nitrogens is 3. The second-order valence-electron chi connectivity index (χ2n) is 15.3. The highest BCUT2D eigenvalue weighted by Crippen LogP contribution is 2.46. The van der Waals surface area contributed by atoms with Crippen molar-refractivity contribution in [2.24, 2.45) is 0 Å². The van der Waals surface area contributed by atoms with Gasteiger partial charge in [0.05, 0.1) is 29.4 Å². The number of carbonyl (C=O) groups excluding carboxylic acids is 2. The Hall–Kier alpha value is -4.16. The molecule has 2 aromatic rings. The fraction of sp³-hybridized carbons (Fsp3) is 0.559. The second-order valence-corrected chi connectivity index (χ2v) is 15.3. The van der Waals surface area contributed by atoms with Gasteiger partial charge in [0.15, 0.2) is 19.8 Å². The lowest BCUT2D eigenvalue weighted by atomic mass is 9.53. The smallest absolute Gasteiger partial charge is 0.418 e. The molecule has 2 aliphatic rings. The summed E-state index contributed by atoms with van der Waals surface area (Å²) < 4.78 is 11.0. The summed E-state index contributed by atoms with van der Waals surface area (Å²) >= 11 is 0. The third-order valence-corrected chi connectivity index (χ3v) is 9.87. The Morgan fingerprint density at radius 1 is 1.09 bits per heavy atom. The molecule has 2 fully saturated rings. The molecule has 1 atom stereocenters. The van der Waals surface area contributed by atoms with Crippen molar-refractivity contribution in [1.29, 1.82) is 0 Å². The maximum absolute atomic E-state index is 13.1. The fourth-order valence-electron chi connectivity index (χ4n) is 6.75. The molecule has 0 bridgehead atoms. The number of rotatable bonds is 12. The van der Waals surface area contributed by atoms with Gasteiger partial charge < -0.3 is 50.1 Å². The summed E-state index contributed by atoms with van der Waals surface area (Å²) in [6.07, 6.45) is 8.05. The molecule has 53 heavy (non-hydrogen) atoms. The minimum Gasteiger partial charge on any atom is -0.493 e. The Morgan fingerprint density at radius 3 is 2.28 bits per heavy atom. The first-order chi connectivity index (χ1) is 24.5. The second kappa shape index (κ2) is 15.3. The molecule has 3 heterocycles. The monoisotopic (exact) mass is 735 g/mol. The van der Waals surface area contributed by atoms with E-state index >= 15 is 0 Å². The van der Waals surface area contributed by atoms with Gasteiger partial charge >= 0.3 is 6.09 Å². The number of hydrogen-bond acceptors (Lipinski definition) is 15. The number of nitrogens with zero attached hydrogens (tertiary/aromatic N) is 6. The number of piperazine rings is 1. The Bertz CT molecular complexity index is 1680. The SMILES string of the molecule is BC1(B)N(c2ccc(Nc3ncc(/C(C)=C(\C=O)C(=C)OCCCC)c(N(C)C4CCCC4)n3)nc2)C(B)(O)C(O)(O)N(C(=O)OC(C)(C)C)C1(O)O. The van der Waals surface area contributed by atoms with Gasteiger partial charge in [-0.15, -0.1) is 0 Å². The predicted molar refractivity (Wildman–Crippen MR) is 207 cm³/mol. The number of pyridine rings is 1. The first-order valence-corrected chi connectivity index (χ1v) is 17.8. The van der Waals surface area contributed by atoms with Crippen LogP contribution >= 0.6 is 0 Å². The summed E-state index contributed by atoms with van der Waals surface area (Å²) in [6.45, 7) is 12.8. The van der Waals surface area contributed by atoms with Crippen LogP contribution in [0.1, 0.15) is 78.7 Å². The molecule has 1 saturated carbocycles. The van der Waals surface area contributed by atoms with Gasteiger partial charge in [-0.3, -0.25) is 4.79 Å². The first-order valence-electron chi connectivity index (χ1n) is 17.8. The molecule has 4 rings (SSSR count). The lowest BCUT2D eigenvalue weighted by Crippen LogP contribution is -2.92. The molecule has 6 N–H and O–H groups in total. The average molecular weight is 735 g/mol. The van der Waals surface area contributed by atoms with Crippen LogP contribution in [0.4, 0.5) is 28.1 Å². The van der Waals surface area contributed by atoms with Crippen LogP contribution in [-0.2, 0) is 14.3 Å². The van der Waals surface area contributed by atoms with Crippen molar-refractivity contribution in [1.82, 2.24) is 19.9 Å². The number of carbonyl (C=O) groups is 2. The number of nitrogens with one attached hydrogen (secondary N) is 1. The molecular formula is C34H52B3N7O9. The van der Waals surface area contributed by atoms with Crippen molar-refractivity contribution in [2.45, 2.75) is 108 Å². The number of aliphatic hydroxyl groups is 5. The van der Waals surface area contributed by atoms with Crippen molar-refractivity contribution >= 4 is 64.8 Å².